The number of halogens is 1. The van der Waals surface area contributed by atoms with E-state index in [2.05, 4.69) is 19.1 Å². The molecule has 0 bridgehead atoms. The van der Waals surface area contributed by atoms with Crippen molar-refractivity contribution in [3.8, 4) is 11.5 Å². The Morgan fingerprint density at radius 2 is 1.52 bits per heavy atom. The van der Waals surface area contributed by atoms with Gasteiger partial charge in [-0.3, -0.25) is 0 Å². The van der Waals surface area contributed by atoms with E-state index >= 15 is 0 Å². The first-order chi connectivity index (χ1) is 10.2. The predicted molar refractivity (Wildman–Crippen MR) is 86.3 cm³/mol. The van der Waals surface area contributed by atoms with Gasteiger partial charge < -0.3 is 4.74 Å². The molecule has 0 aliphatic heterocycles. The Balaban J connectivity index is 2.03. The molecule has 1 nitrogen and oxygen atoms in total. The van der Waals surface area contributed by atoms with Crippen molar-refractivity contribution < 1.29 is 9.13 Å². The standard InChI is InChI=1S/C19H21FO/c1-3-5-17(20)14-16-8-12-19(13-9-16)21-18-10-6-15(4-2)7-11-18/h6-14H,3-5H2,1-2H3. The second-order valence-electron chi connectivity index (χ2n) is 5.01. The molecule has 0 spiro atoms. The van der Waals surface area contributed by atoms with E-state index in [4.69, 9.17) is 4.74 Å². The van der Waals surface area contributed by atoms with Crippen molar-refractivity contribution in [2.75, 3.05) is 0 Å². The summed E-state index contributed by atoms with van der Waals surface area (Å²) in [4.78, 5) is 0. The number of benzene rings is 2. The van der Waals surface area contributed by atoms with Crippen molar-refractivity contribution in [2.45, 2.75) is 33.1 Å². The summed E-state index contributed by atoms with van der Waals surface area (Å²) >= 11 is 0. The van der Waals surface area contributed by atoms with E-state index < -0.39 is 0 Å². The Bertz CT molecular complexity index is 582. The summed E-state index contributed by atoms with van der Waals surface area (Å²) in [6.07, 6.45) is 3.90. The second-order valence-corrected chi connectivity index (χ2v) is 5.01. The molecule has 2 aromatic rings. The molecular weight excluding hydrogens is 263 g/mol. The van der Waals surface area contributed by atoms with Crippen LogP contribution in [0.15, 0.2) is 54.4 Å². The topological polar surface area (TPSA) is 9.23 Å². The molecule has 0 fully saturated rings. The molecule has 2 heteroatoms. The van der Waals surface area contributed by atoms with Crippen LogP contribution in [-0.2, 0) is 6.42 Å². The average Bonchev–Trinajstić information content (AvgIpc) is 2.50. The van der Waals surface area contributed by atoms with Crippen LogP contribution in [-0.4, -0.2) is 0 Å². The second kappa shape index (κ2) is 7.63. The molecule has 0 radical (unpaired) electrons. The van der Waals surface area contributed by atoms with Crippen LogP contribution in [0.1, 0.15) is 37.8 Å². The van der Waals surface area contributed by atoms with E-state index in [1.54, 1.807) is 6.08 Å². The first-order valence-electron chi connectivity index (χ1n) is 7.44. The first-order valence-corrected chi connectivity index (χ1v) is 7.44. The molecule has 2 aromatic carbocycles. The van der Waals surface area contributed by atoms with Gasteiger partial charge in [-0.2, -0.15) is 0 Å². The number of aryl methyl sites for hydroxylation is 1. The lowest BCUT2D eigenvalue weighted by molar-refractivity contribution is 0.482. The molecule has 2 rings (SSSR count). The van der Waals surface area contributed by atoms with Crippen LogP contribution in [0.25, 0.3) is 6.08 Å². The number of rotatable bonds is 6. The van der Waals surface area contributed by atoms with Crippen LogP contribution >= 0.6 is 0 Å². The summed E-state index contributed by atoms with van der Waals surface area (Å²) in [6.45, 7) is 4.09. The minimum atomic E-state index is -0.0821. The van der Waals surface area contributed by atoms with Crippen molar-refractivity contribution in [3.05, 3.63) is 65.5 Å². The summed E-state index contributed by atoms with van der Waals surface area (Å²) in [5, 5.41) is 0. The van der Waals surface area contributed by atoms with Gasteiger partial charge in [0.15, 0.2) is 0 Å². The molecule has 0 atom stereocenters. The van der Waals surface area contributed by atoms with Crippen molar-refractivity contribution in [1.82, 2.24) is 0 Å². The van der Waals surface area contributed by atoms with Crippen LogP contribution in [0, 0.1) is 0 Å². The Morgan fingerprint density at radius 3 is 2.05 bits per heavy atom. The number of hydrogen-bond donors (Lipinski definition) is 0. The zero-order valence-electron chi connectivity index (χ0n) is 12.6. The summed E-state index contributed by atoms with van der Waals surface area (Å²) in [6, 6.07) is 15.5. The highest BCUT2D eigenvalue weighted by molar-refractivity contribution is 5.52. The predicted octanol–water partition coefficient (Wildman–Crippen LogP) is 6.15. The summed E-state index contributed by atoms with van der Waals surface area (Å²) < 4.78 is 19.2. The van der Waals surface area contributed by atoms with Crippen LogP contribution in [0.2, 0.25) is 0 Å². The lowest BCUT2D eigenvalue weighted by atomic mass is 10.1. The Hall–Kier alpha value is -2.09. The molecule has 0 aliphatic carbocycles. The number of allylic oxidation sites excluding steroid dienone is 1. The van der Waals surface area contributed by atoms with Gasteiger partial charge in [0, 0.05) is 0 Å². The minimum Gasteiger partial charge on any atom is -0.457 e. The highest BCUT2D eigenvalue weighted by Gasteiger charge is 1.99. The van der Waals surface area contributed by atoms with Crippen LogP contribution in [0.4, 0.5) is 4.39 Å². The molecule has 0 aliphatic rings. The highest BCUT2D eigenvalue weighted by atomic mass is 19.1. The van der Waals surface area contributed by atoms with Gasteiger partial charge in [-0.25, -0.2) is 4.39 Å². The monoisotopic (exact) mass is 284 g/mol. The Kier molecular flexibility index (Phi) is 5.56. The third kappa shape index (κ3) is 4.75. The Morgan fingerprint density at radius 1 is 0.952 bits per heavy atom. The third-order valence-corrected chi connectivity index (χ3v) is 3.26. The fraction of sp³-hybridized carbons (Fsp3) is 0.263. The SMILES string of the molecule is CCCC(F)=Cc1ccc(Oc2ccc(CC)cc2)cc1. The fourth-order valence-electron chi connectivity index (χ4n) is 2.05. The van der Waals surface area contributed by atoms with Gasteiger partial charge in [0.05, 0.1) is 0 Å². The van der Waals surface area contributed by atoms with Crippen molar-refractivity contribution in [3.63, 3.8) is 0 Å². The molecule has 21 heavy (non-hydrogen) atoms. The molecule has 0 saturated heterocycles. The molecule has 0 saturated carbocycles. The maximum Gasteiger partial charge on any atom is 0.127 e. The van der Waals surface area contributed by atoms with Gasteiger partial charge in [0.2, 0.25) is 0 Å². The quantitative estimate of drug-likeness (QED) is 0.618. The summed E-state index contributed by atoms with van der Waals surface area (Å²) in [5.41, 5.74) is 2.14. The summed E-state index contributed by atoms with van der Waals surface area (Å²) in [7, 11) is 0. The van der Waals surface area contributed by atoms with Crippen molar-refractivity contribution in [1.29, 1.82) is 0 Å². The fourth-order valence-corrected chi connectivity index (χ4v) is 2.05. The Labute approximate surface area is 126 Å². The van der Waals surface area contributed by atoms with Crippen LogP contribution < -0.4 is 4.74 Å². The molecule has 0 heterocycles. The van der Waals surface area contributed by atoms with E-state index in [1.165, 1.54) is 5.56 Å². The zero-order valence-corrected chi connectivity index (χ0v) is 12.6. The number of hydrogen-bond acceptors (Lipinski definition) is 1. The molecule has 110 valence electrons. The van der Waals surface area contributed by atoms with Gasteiger partial charge >= 0.3 is 0 Å². The lowest BCUT2D eigenvalue weighted by Gasteiger charge is -2.06. The van der Waals surface area contributed by atoms with E-state index in [9.17, 15) is 4.39 Å². The van der Waals surface area contributed by atoms with E-state index in [0.717, 1.165) is 29.9 Å². The molecule has 0 N–H and O–H groups in total. The van der Waals surface area contributed by atoms with E-state index in [-0.39, 0.29) is 5.83 Å². The molecular formula is C19H21FO. The van der Waals surface area contributed by atoms with Crippen molar-refractivity contribution >= 4 is 6.08 Å². The van der Waals surface area contributed by atoms with Gasteiger partial charge in [-0.05, 0) is 60.7 Å². The van der Waals surface area contributed by atoms with Crippen LogP contribution in [0.3, 0.4) is 0 Å². The van der Waals surface area contributed by atoms with E-state index in [0.29, 0.717) is 6.42 Å². The maximum atomic E-state index is 13.4. The first kappa shape index (κ1) is 15.3. The molecule has 0 aromatic heterocycles. The smallest absolute Gasteiger partial charge is 0.127 e. The van der Waals surface area contributed by atoms with Crippen molar-refractivity contribution in [2.24, 2.45) is 0 Å². The normalized spacial score (nSPS) is 11.5. The van der Waals surface area contributed by atoms with Gasteiger partial charge in [0.1, 0.15) is 17.3 Å². The van der Waals surface area contributed by atoms with Gasteiger partial charge in [-0.1, -0.05) is 38.1 Å². The minimum absolute atomic E-state index is 0.0821. The number of ether oxygens (including phenoxy) is 1. The summed E-state index contributed by atoms with van der Waals surface area (Å²) in [5.74, 6) is 1.49. The van der Waals surface area contributed by atoms with Gasteiger partial charge in [0.25, 0.3) is 0 Å². The largest absolute Gasteiger partial charge is 0.457 e. The molecule has 0 unspecified atom stereocenters. The lowest BCUT2D eigenvalue weighted by Crippen LogP contribution is -1.85. The molecule has 0 amide bonds. The van der Waals surface area contributed by atoms with Gasteiger partial charge in [-0.15, -0.1) is 0 Å². The van der Waals surface area contributed by atoms with E-state index in [1.807, 2.05) is 43.3 Å². The average molecular weight is 284 g/mol. The maximum absolute atomic E-state index is 13.4. The third-order valence-electron chi connectivity index (χ3n) is 3.26. The zero-order chi connectivity index (χ0) is 15.1. The highest BCUT2D eigenvalue weighted by Crippen LogP contribution is 2.23. The van der Waals surface area contributed by atoms with Crippen LogP contribution in [0.5, 0.6) is 11.5 Å².